The van der Waals surface area contributed by atoms with Gasteiger partial charge in [-0.15, -0.1) is 0 Å². The van der Waals surface area contributed by atoms with E-state index in [1.54, 1.807) is 0 Å². The van der Waals surface area contributed by atoms with Gasteiger partial charge in [0.2, 0.25) is 0 Å². The Bertz CT molecular complexity index is 509. The van der Waals surface area contributed by atoms with Gasteiger partial charge in [-0.25, -0.2) is 0 Å². The van der Waals surface area contributed by atoms with Crippen LogP contribution in [-0.2, 0) is 4.79 Å². The third-order valence-electron chi connectivity index (χ3n) is 9.77. The molecule has 1 atom stereocenters. The van der Waals surface area contributed by atoms with Crippen LogP contribution in [0.4, 0.5) is 0 Å². The van der Waals surface area contributed by atoms with E-state index in [0.717, 1.165) is 25.9 Å². The number of carboxylic acid groups (broad SMARTS) is 1. The summed E-state index contributed by atoms with van der Waals surface area (Å²) in [6.07, 6.45) is 44.0. The van der Waals surface area contributed by atoms with Crippen molar-refractivity contribution in [3.63, 3.8) is 0 Å². The maximum atomic E-state index is 11.1. The summed E-state index contributed by atoms with van der Waals surface area (Å²) in [6, 6.07) is 0.399. The van der Waals surface area contributed by atoms with Crippen molar-refractivity contribution in [3.05, 3.63) is 0 Å². The third-order valence-corrected chi connectivity index (χ3v) is 9.77. The van der Waals surface area contributed by atoms with Crippen molar-refractivity contribution < 1.29 is 61.3 Å². The number of unbranched alkanes of at least 4 members (excludes halogenated alkanes) is 28. The molecule has 0 fully saturated rings. The summed E-state index contributed by atoms with van der Waals surface area (Å²) in [5, 5.41) is 11.1. The molecule has 258 valence electrons. The smallest absolute Gasteiger partial charge is 0.550 e. The molecule has 0 aromatic carbocycles. The maximum Gasteiger partial charge on any atom is 1.00 e. The minimum absolute atomic E-state index is 0. The van der Waals surface area contributed by atoms with Gasteiger partial charge in [-0.05, 0) is 45.2 Å². The van der Waals surface area contributed by atoms with E-state index in [1.165, 1.54) is 193 Å². The Labute approximate surface area is 321 Å². The maximum absolute atomic E-state index is 11.1. The van der Waals surface area contributed by atoms with Crippen molar-refractivity contribution in [1.29, 1.82) is 0 Å². The SMILES string of the molecule is CCCCCCCCCCCCCCCCCN(CCCCCCCCCCCCCCCCC)C(CC)CCC(=O)[O-].[K+]. The Morgan fingerprint density at radius 1 is 0.455 bits per heavy atom. The second-order valence-corrected chi connectivity index (χ2v) is 13.9. The molecule has 0 aliphatic rings. The first-order valence-corrected chi connectivity index (χ1v) is 20.1. The van der Waals surface area contributed by atoms with Gasteiger partial charge >= 0.3 is 51.4 Å². The number of carboxylic acids is 1. The number of aliphatic carboxylic acids is 1. The summed E-state index contributed by atoms with van der Waals surface area (Å²) >= 11 is 0. The van der Waals surface area contributed by atoms with Gasteiger partial charge < -0.3 is 14.8 Å². The third kappa shape index (κ3) is 35.9. The summed E-state index contributed by atoms with van der Waals surface area (Å²) in [6.45, 7) is 9.10. The number of carbonyl (C=O) groups is 1. The molecule has 0 spiro atoms. The number of rotatable bonds is 37. The van der Waals surface area contributed by atoms with Crippen LogP contribution in [0.3, 0.4) is 0 Å². The number of hydrogen-bond donors (Lipinski definition) is 0. The molecule has 0 radical (unpaired) electrons. The van der Waals surface area contributed by atoms with Crippen LogP contribution >= 0.6 is 0 Å². The van der Waals surface area contributed by atoms with Crippen LogP contribution < -0.4 is 56.5 Å². The molecule has 0 aliphatic carbocycles. The van der Waals surface area contributed by atoms with Crippen LogP contribution in [0.5, 0.6) is 0 Å². The van der Waals surface area contributed by atoms with Crippen molar-refractivity contribution >= 4 is 5.97 Å². The van der Waals surface area contributed by atoms with E-state index in [1.807, 2.05) is 0 Å². The Balaban J connectivity index is 0. The van der Waals surface area contributed by atoms with E-state index in [0.29, 0.717) is 6.04 Å². The van der Waals surface area contributed by atoms with Crippen LogP contribution in [0.25, 0.3) is 0 Å². The Kier molecular flexibility index (Phi) is 43.2. The standard InChI is InChI=1S/C40H81NO2.K/c1-4-7-9-11-13-15-17-19-21-23-25-27-29-31-33-37-41(39(6-3)35-36-40(42)43)38-34-32-30-28-26-24-22-20-18-16-14-12-10-8-5-2;/h39H,4-38H2,1-3H3,(H,42,43);/q;+1/p-1. The summed E-state index contributed by atoms with van der Waals surface area (Å²) < 4.78 is 0. The predicted molar refractivity (Wildman–Crippen MR) is 190 cm³/mol. The molecular weight excluding hydrogens is 566 g/mol. The molecule has 4 heteroatoms. The average Bonchev–Trinajstić information content (AvgIpc) is 3.00. The molecule has 1 unspecified atom stereocenters. The van der Waals surface area contributed by atoms with Crippen molar-refractivity contribution in [3.8, 4) is 0 Å². The molecule has 0 saturated heterocycles. The van der Waals surface area contributed by atoms with Crippen molar-refractivity contribution in [2.24, 2.45) is 0 Å². The molecule has 0 bridgehead atoms. The molecule has 0 rings (SSSR count). The quantitative estimate of drug-likeness (QED) is 0.0500. The van der Waals surface area contributed by atoms with Crippen molar-refractivity contribution in [2.45, 2.75) is 239 Å². The van der Waals surface area contributed by atoms with E-state index in [-0.39, 0.29) is 57.8 Å². The Hall–Kier alpha value is 1.07. The molecule has 0 aliphatic heterocycles. The summed E-state index contributed by atoms with van der Waals surface area (Å²) in [5.74, 6) is -0.891. The fourth-order valence-corrected chi connectivity index (χ4v) is 6.78. The predicted octanol–water partition coefficient (Wildman–Crippen LogP) is 9.34. The normalized spacial score (nSPS) is 12.1. The number of nitrogens with zero attached hydrogens (tertiary/aromatic N) is 1. The van der Waals surface area contributed by atoms with E-state index in [9.17, 15) is 9.90 Å². The number of carbonyl (C=O) groups excluding carboxylic acids is 1. The Morgan fingerprint density at radius 2 is 0.705 bits per heavy atom. The van der Waals surface area contributed by atoms with Gasteiger partial charge in [-0.3, -0.25) is 0 Å². The molecule has 0 aromatic rings. The fraction of sp³-hybridized carbons (Fsp3) is 0.975. The topological polar surface area (TPSA) is 43.4 Å². The van der Waals surface area contributed by atoms with E-state index >= 15 is 0 Å². The molecule has 0 amide bonds. The largest absolute Gasteiger partial charge is 1.00 e. The molecule has 44 heavy (non-hydrogen) atoms. The van der Waals surface area contributed by atoms with E-state index < -0.39 is 5.97 Å². The molecule has 0 saturated carbocycles. The van der Waals surface area contributed by atoms with Gasteiger partial charge in [0.1, 0.15) is 0 Å². The van der Waals surface area contributed by atoms with Crippen LogP contribution in [0, 0.1) is 0 Å². The molecule has 3 nitrogen and oxygen atoms in total. The second kappa shape index (κ2) is 40.2. The first kappa shape index (κ1) is 47.2. The van der Waals surface area contributed by atoms with Gasteiger partial charge in [0.05, 0.1) is 0 Å². The van der Waals surface area contributed by atoms with Crippen LogP contribution in [0.1, 0.15) is 233 Å². The van der Waals surface area contributed by atoms with E-state index in [4.69, 9.17) is 0 Å². The first-order chi connectivity index (χ1) is 21.2. The van der Waals surface area contributed by atoms with E-state index in [2.05, 4.69) is 25.7 Å². The molecule has 0 heterocycles. The first-order valence-electron chi connectivity index (χ1n) is 20.1. The zero-order valence-electron chi connectivity index (χ0n) is 31.1. The minimum atomic E-state index is -0.891. The van der Waals surface area contributed by atoms with Gasteiger partial charge in [0.15, 0.2) is 0 Å². The zero-order valence-corrected chi connectivity index (χ0v) is 34.2. The number of hydrogen-bond acceptors (Lipinski definition) is 3. The van der Waals surface area contributed by atoms with Crippen LogP contribution in [0.2, 0.25) is 0 Å². The average molecular weight is 646 g/mol. The second-order valence-electron chi connectivity index (χ2n) is 13.9. The summed E-state index contributed by atoms with van der Waals surface area (Å²) in [4.78, 5) is 13.8. The molecule has 0 aromatic heterocycles. The molecular formula is C40H80KNO2. The Morgan fingerprint density at radius 3 is 0.932 bits per heavy atom. The van der Waals surface area contributed by atoms with Gasteiger partial charge in [0, 0.05) is 12.0 Å². The monoisotopic (exact) mass is 646 g/mol. The minimum Gasteiger partial charge on any atom is -0.550 e. The van der Waals surface area contributed by atoms with Gasteiger partial charge in [0.25, 0.3) is 0 Å². The van der Waals surface area contributed by atoms with Crippen molar-refractivity contribution in [2.75, 3.05) is 13.1 Å². The van der Waals surface area contributed by atoms with Crippen molar-refractivity contribution in [1.82, 2.24) is 4.90 Å². The van der Waals surface area contributed by atoms with Gasteiger partial charge in [-0.1, -0.05) is 201 Å². The van der Waals surface area contributed by atoms with Gasteiger partial charge in [-0.2, -0.15) is 0 Å². The fourth-order valence-electron chi connectivity index (χ4n) is 6.78. The molecule has 0 N–H and O–H groups in total. The summed E-state index contributed by atoms with van der Waals surface area (Å²) in [7, 11) is 0. The summed E-state index contributed by atoms with van der Waals surface area (Å²) in [5.41, 5.74) is 0. The van der Waals surface area contributed by atoms with Crippen LogP contribution in [-0.4, -0.2) is 30.0 Å². The van der Waals surface area contributed by atoms with Crippen LogP contribution in [0.15, 0.2) is 0 Å². The zero-order chi connectivity index (χ0) is 31.5.